The Kier molecular flexibility index (Phi) is 7.47. The first-order valence-corrected chi connectivity index (χ1v) is 9.38. The number of carbonyl (C=O) groups is 2. The average Bonchev–Trinajstić information content (AvgIpc) is 3.14. The largest absolute Gasteiger partial charge is 0.372 e. The monoisotopic (exact) mass is 359 g/mol. The van der Waals surface area contributed by atoms with Gasteiger partial charge in [-0.3, -0.25) is 9.59 Å². The number of nitrogens with one attached hydrogen (secondary N) is 2. The second-order valence-corrected chi connectivity index (χ2v) is 6.73. The van der Waals surface area contributed by atoms with Crippen LogP contribution in [0.4, 0.5) is 5.69 Å². The first-order valence-electron chi connectivity index (χ1n) is 8.50. The minimum atomic E-state index is -0.207. The second kappa shape index (κ2) is 9.84. The van der Waals surface area contributed by atoms with E-state index in [1.54, 1.807) is 6.07 Å². The average molecular weight is 359 g/mol. The van der Waals surface area contributed by atoms with Crippen molar-refractivity contribution in [2.75, 3.05) is 31.1 Å². The van der Waals surface area contributed by atoms with Gasteiger partial charge >= 0.3 is 0 Å². The molecule has 6 heteroatoms. The van der Waals surface area contributed by atoms with Gasteiger partial charge in [0, 0.05) is 25.3 Å². The molecule has 2 amide bonds. The van der Waals surface area contributed by atoms with E-state index in [4.69, 9.17) is 0 Å². The molecule has 0 aliphatic rings. The summed E-state index contributed by atoms with van der Waals surface area (Å²) in [6.45, 7) is 6.61. The van der Waals surface area contributed by atoms with Crippen LogP contribution in [-0.2, 0) is 4.79 Å². The molecule has 0 aliphatic carbocycles. The fourth-order valence-corrected chi connectivity index (χ4v) is 3.15. The number of thiophene rings is 1. The Morgan fingerprint density at radius 3 is 2.68 bits per heavy atom. The normalized spacial score (nSPS) is 10.3. The van der Waals surface area contributed by atoms with Gasteiger partial charge in [-0.1, -0.05) is 18.2 Å². The van der Waals surface area contributed by atoms with E-state index in [2.05, 4.69) is 53.6 Å². The molecule has 25 heavy (non-hydrogen) atoms. The molecule has 0 atom stereocenters. The number of benzene rings is 1. The van der Waals surface area contributed by atoms with Crippen LogP contribution in [-0.4, -0.2) is 38.0 Å². The van der Waals surface area contributed by atoms with Crippen LogP contribution < -0.4 is 15.5 Å². The third kappa shape index (κ3) is 6.23. The van der Waals surface area contributed by atoms with Gasteiger partial charge in [0.25, 0.3) is 5.91 Å². The van der Waals surface area contributed by atoms with Crippen LogP contribution >= 0.6 is 11.3 Å². The maximum atomic E-state index is 11.8. The van der Waals surface area contributed by atoms with Gasteiger partial charge in [0.05, 0.1) is 11.4 Å². The van der Waals surface area contributed by atoms with Crippen molar-refractivity contribution in [3.63, 3.8) is 0 Å². The summed E-state index contributed by atoms with van der Waals surface area (Å²) in [5.74, 6) is -0.370. The zero-order valence-electron chi connectivity index (χ0n) is 14.7. The van der Waals surface area contributed by atoms with Gasteiger partial charge in [-0.25, -0.2) is 0 Å². The Balaban J connectivity index is 1.66. The third-order valence-corrected chi connectivity index (χ3v) is 4.70. The van der Waals surface area contributed by atoms with Gasteiger partial charge in [0.15, 0.2) is 0 Å². The Hall–Kier alpha value is -2.34. The highest BCUT2D eigenvalue weighted by molar-refractivity contribution is 7.12. The molecule has 0 aliphatic heterocycles. The van der Waals surface area contributed by atoms with Crippen LogP contribution in [0.15, 0.2) is 41.8 Å². The first-order chi connectivity index (χ1) is 12.1. The maximum absolute atomic E-state index is 11.8. The lowest BCUT2D eigenvalue weighted by Crippen LogP contribution is -2.38. The number of amides is 2. The van der Waals surface area contributed by atoms with Crippen molar-refractivity contribution in [1.82, 2.24) is 10.6 Å². The molecule has 2 rings (SSSR count). The van der Waals surface area contributed by atoms with E-state index in [1.807, 2.05) is 11.4 Å². The molecule has 134 valence electrons. The zero-order valence-corrected chi connectivity index (χ0v) is 15.6. The summed E-state index contributed by atoms with van der Waals surface area (Å²) >= 11 is 1.36. The number of nitrogens with zero attached hydrogens (tertiary/aromatic N) is 1. The molecule has 0 saturated heterocycles. The van der Waals surface area contributed by atoms with Crippen LogP contribution in [0.5, 0.6) is 0 Å². The fourth-order valence-electron chi connectivity index (χ4n) is 2.51. The molecule has 0 radical (unpaired) electrons. The quantitative estimate of drug-likeness (QED) is 0.677. The molecule has 0 unspecified atom stereocenters. The van der Waals surface area contributed by atoms with Crippen LogP contribution in [0.1, 0.15) is 28.6 Å². The highest BCUT2D eigenvalue weighted by Gasteiger charge is 2.09. The summed E-state index contributed by atoms with van der Waals surface area (Å²) in [7, 11) is 0. The molecular weight excluding hydrogens is 334 g/mol. The highest BCUT2D eigenvalue weighted by atomic mass is 32.1. The SMILES string of the molecule is CCN(CCCNC(=O)CNC(=O)c1cccs1)c1cccc(C)c1. The molecule has 0 spiro atoms. The smallest absolute Gasteiger partial charge is 0.261 e. The molecule has 2 aromatic rings. The van der Waals surface area contributed by atoms with Crippen LogP contribution in [0.3, 0.4) is 0 Å². The number of aryl methyl sites for hydroxylation is 1. The Morgan fingerprint density at radius 1 is 1.16 bits per heavy atom. The van der Waals surface area contributed by atoms with E-state index in [9.17, 15) is 9.59 Å². The summed E-state index contributed by atoms with van der Waals surface area (Å²) in [5, 5.41) is 7.31. The number of anilines is 1. The number of rotatable bonds is 9. The standard InChI is InChI=1S/C19H25N3O2S/c1-3-22(16-8-4-7-15(2)13-16)11-6-10-20-18(23)14-21-19(24)17-9-5-12-25-17/h4-5,7-9,12-13H,3,6,10-11,14H2,1-2H3,(H,20,23)(H,21,24). The van der Waals surface area contributed by atoms with Crippen molar-refractivity contribution >= 4 is 28.8 Å². The maximum Gasteiger partial charge on any atom is 0.261 e. The van der Waals surface area contributed by atoms with E-state index < -0.39 is 0 Å². The minimum Gasteiger partial charge on any atom is -0.372 e. The van der Waals surface area contributed by atoms with Crippen molar-refractivity contribution in [1.29, 1.82) is 0 Å². The molecule has 0 fully saturated rings. The van der Waals surface area contributed by atoms with E-state index in [-0.39, 0.29) is 18.4 Å². The van der Waals surface area contributed by atoms with Crippen molar-refractivity contribution in [2.45, 2.75) is 20.3 Å². The first kappa shape index (κ1) is 19.0. The van der Waals surface area contributed by atoms with E-state index >= 15 is 0 Å². The minimum absolute atomic E-state index is 0.00606. The predicted molar refractivity (Wildman–Crippen MR) is 103 cm³/mol. The molecule has 2 N–H and O–H groups in total. The lowest BCUT2D eigenvalue weighted by Gasteiger charge is -2.23. The van der Waals surface area contributed by atoms with Gasteiger partial charge in [-0.15, -0.1) is 11.3 Å². The Morgan fingerprint density at radius 2 is 2.00 bits per heavy atom. The summed E-state index contributed by atoms with van der Waals surface area (Å²) < 4.78 is 0. The molecular formula is C19H25N3O2S. The number of hydrogen-bond acceptors (Lipinski definition) is 4. The van der Waals surface area contributed by atoms with E-state index in [0.29, 0.717) is 11.4 Å². The lowest BCUT2D eigenvalue weighted by atomic mass is 10.2. The number of carbonyl (C=O) groups excluding carboxylic acids is 2. The molecule has 1 aromatic carbocycles. The Bertz CT molecular complexity index is 686. The van der Waals surface area contributed by atoms with E-state index in [1.165, 1.54) is 22.6 Å². The van der Waals surface area contributed by atoms with Crippen LogP contribution in [0.2, 0.25) is 0 Å². The fraction of sp³-hybridized carbons (Fsp3) is 0.368. The summed E-state index contributed by atoms with van der Waals surface area (Å²) in [4.78, 5) is 26.5. The summed E-state index contributed by atoms with van der Waals surface area (Å²) in [6.07, 6.45) is 0.854. The number of hydrogen-bond donors (Lipinski definition) is 2. The third-order valence-electron chi connectivity index (χ3n) is 3.83. The second-order valence-electron chi connectivity index (χ2n) is 5.78. The van der Waals surface area contributed by atoms with Gasteiger partial charge < -0.3 is 15.5 Å². The van der Waals surface area contributed by atoms with Crippen LogP contribution in [0.25, 0.3) is 0 Å². The topological polar surface area (TPSA) is 61.4 Å². The lowest BCUT2D eigenvalue weighted by molar-refractivity contribution is -0.120. The molecule has 0 bridgehead atoms. The highest BCUT2D eigenvalue weighted by Crippen LogP contribution is 2.15. The van der Waals surface area contributed by atoms with Gasteiger partial charge in [-0.2, -0.15) is 0 Å². The molecule has 1 heterocycles. The summed E-state index contributed by atoms with van der Waals surface area (Å²) in [6, 6.07) is 12.0. The van der Waals surface area contributed by atoms with Gasteiger partial charge in [0.1, 0.15) is 0 Å². The predicted octanol–water partition coefficient (Wildman–Crippen LogP) is 2.82. The van der Waals surface area contributed by atoms with Gasteiger partial charge in [0.2, 0.25) is 5.91 Å². The van der Waals surface area contributed by atoms with Crippen molar-refractivity contribution < 1.29 is 9.59 Å². The zero-order chi connectivity index (χ0) is 18.1. The van der Waals surface area contributed by atoms with Crippen molar-refractivity contribution in [3.05, 3.63) is 52.2 Å². The Labute approximate surface area is 153 Å². The molecule has 0 saturated carbocycles. The van der Waals surface area contributed by atoms with Crippen LogP contribution in [0, 0.1) is 6.92 Å². The van der Waals surface area contributed by atoms with Gasteiger partial charge in [-0.05, 0) is 49.4 Å². The molecule has 1 aromatic heterocycles. The van der Waals surface area contributed by atoms with Crippen molar-refractivity contribution in [3.8, 4) is 0 Å². The van der Waals surface area contributed by atoms with Crippen molar-refractivity contribution in [2.24, 2.45) is 0 Å². The summed E-state index contributed by atoms with van der Waals surface area (Å²) in [5.41, 5.74) is 2.45. The van der Waals surface area contributed by atoms with E-state index in [0.717, 1.165) is 19.5 Å². The molecule has 5 nitrogen and oxygen atoms in total.